The Kier molecular flexibility index (Phi) is 82.5. The van der Waals surface area contributed by atoms with Crippen molar-refractivity contribution in [2.24, 2.45) is 9.98 Å². The van der Waals surface area contributed by atoms with Crippen LogP contribution in [0.2, 0.25) is 0 Å². The van der Waals surface area contributed by atoms with Crippen LogP contribution in [0.4, 0.5) is 0 Å². The summed E-state index contributed by atoms with van der Waals surface area (Å²) in [5.41, 5.74) is 2.25. The fourth-order valence-electron chi connectivity index (χ4n) is 1.57. The molecule has 6 N–H and O–H groups in total. The Hall–Kier alpha value is -0.223. The van der Waals surface area contributed by atoms with Gasteiger partial charge < -0.3 is 65.3 Å². The fraction of sp³-hybridized carbons (Fsp3) is 0.364. The summed E-state index contributed by atoms with van der Waals surface area (Å²) < 4.78 is 0. The summed E-state index contributed by atoms with van der Waals surface area (Å²) in [5.74, 6) is 0. The van der Waals surface area contributed by atoms with E-state index in [2.05, 4.69) is 66.2 Å². The molecular weight excluding hydrogens is 742 g/mol. The molecule has 0 bridgehead atoms. The van der Waals surface area contributed by atoms with E-state index in [1.165, 1.54) is 0 Å². The molecule has 0 atom stereocenters. The number of hydrogen-bond acceptors (Lipinski definition) is 4. The van der Waals surface area contributed by atoms with Crippen LogP contribution in [-0.2, 0) is 53.1 Å². The van der Waals surface area contributed by atoms with Crippen molar-refractivity contribution in [3.05, 3.63) is 80.0 Å². The maximum atomic E-state index is 4.42. The van der Waals surface area contributed by atoms with E-state index in [0.717, 1.165) is 37.3 Å². The quantitative estimate of drug-likeness (QED) is 0.230. The molecule has 0 aliphatic rings. The van der Waals surface area contributed by atoms with Crippen molar-refractivity contribution in [1.82, 2.24) is 9.80 Å². The molecule has 1 aromatic rings. The van der Waals surface area contributed by atoms with Gasteiger partial charge in [-0.1, -0.05) is 18.2 Å². The van der Waals surface area contributed by atoms with Crippen LogP contribution in [0.1, 0.15) is 11.1 Å². The van der Waals surface area contributed by atoms with Gasteiger partial charge in [-0.25, -0.2) is 0 Å². The molecule has 0 aliphatic carbocycles. The van der Waals surface area contributed by atoms with Gasteiger partial charge in [0, 0.05) is 67.6 Å². The van der Waals surface area contributed by atoms with Crippen LogP contribution in [0, 0.1) is 44.6 Å². The predicted molar refractivity (Wildman–Crippen MR) is 137 cm³/mol. The van der Waals surface area contributed by atoms with Crippen molar-refractivity contribution in [2.45, 2.75) is 0 Å². The van der Waals surface area contributed by atoms with Crippen molar-refractivity contribution >= 4 is 12.4 Å². The molecule has 0 unspecified atom stereocenters. The number of rotatable bonds is 8. The molecule has 0 aromatic heterocycles. The maximum absolute atomic E-state index is 4.42. The summed E-state index contributed by atoms with van der Waals surface area (Å²) in [5, 5.41) is 0. The van der Waals surface area contributed by atoms with E-state index in [9.17, 15) is 0 Å². The van der Waals surface area contributed by atoms with E-state index < -0.39 is 0 Å². The minimum Gasteiger partial charge on any atom is -0.457 e. The average molecular weight is 793 g/mol. The second kappa shape index (κ2) is 39.3. The van der Waals surface area contributed by atoms with Crippen LogP contribution in [-0.4, -0.2) is 76.6 Å². The van der Waals surface area contributed by atoms with Crippen LogP contribution in [0.25, 0.3) is 0 Å². The Bertz CT molecular complexity index is 421. The van der Waals surface area contributed by atoms with E-state index in [4.69, 9.17) is 0 Å². The molecule has 0 saturated heterocycles. The third-order valence-corrected chi connectivity index (χ3v) is 2.74. The van der Waals surface area contributed by atoms with Crippen LogP contribution in [0.15, 0.2) is 34.3 Å². The minimum atomic E-state index is 0. The van der Waals surface area contributed by atoms with Gasteiger partial charge in [0.1, 0.15) is 0 Å². The number of benzene rings is 1. The molecule has 1 aromatic carbocycles. The molecule has 0 radical (unpaired) electrons. The van der Waals surface area contributed by atoms with Crippen LogP contribution < -0.4 is 0 Å². The van der Waals surface area contributed by atoms with Gasteiger partial charge in [-0.15, -0.1) is 0 Å². The summed E-state index contributed by atoms with van der Waals surface area (Å²) in [7, 11) is 8.22. The van der Waals surface area contributed by atoms with Gasteiger partial charge in [-0.2, -0.15) is 0 Å². The zero-order valence-corrected chi connectivity index (χ0v) is 25.4. The number of hydrogen-bond donors (Lipinski definition) is 0. The van der Waals surface area contributed by atoms with Crippen molar-refractivity contribution < 1.29 is 53.1 Å². The van der Waals surface area contributed by atoms with Gasteiger partial charge in [0.15, 0.2) is 0 Å². The second-order valence-corrected chi connectivity index (χ2v) is 5.35. The summed E-state index contributed by atoms with van der Waals surface area (Å²) >= 11 is 0. The van der Waals surface area contributed by atoms with Gasteiger partial charge in [0.05, 0.1) is 13.1 Å². The number of nitrogens with zero attached hydrogens (tertiary/aromatic N) is 4. The fourth-order valence-corrected chi connectivity index (χ4v) is 1.57. The largest absolute Gasteiger partial charge is 0.457 e. The zero-order chi connectivity index (χ0) is 14.8. The maximum Gasteiger partial charge on any atom is 0.0516 e. The normalized spacial score (nSPS) is 8.20. The van der Waals surface area contributed by atoms with E-state index in [1.54, 1.807) is 0 Å². The zero-order valence-electron chi connectivity index (χ0n) is 20.9. The Morgan fingerprint density at radius 1 is 0.667 bits per heavy atom. The molecule has 0 saturated carbocycles. The van der Waals surface area contributed by atoms with Crippen molar-refractivity contribution in [1.29, 1.82) is 0 Å². The first kappa shape index (κ1) is 63.0. The third-order valence-electron chi connectivity index (χ3n) is 2.74. The first-order chi connectivity index (χ1) is 9.58. The molecule has 6 nitrogen and oxygen atoms in total. The third kappa shape index (κ3) is 35.2. The standard InChI is InChI=1S/C16H26N4.6CH3.2H2O.2Pt/c1-19(2)10-8-17-13-15-6-5-7-16(12-15)14-18-9-11-20(3)4;;;;;;;;;;/h5-7,12-14H,8-11H2,1-4H3;6*1H3;2*1H2;;/q;6*-1;;;;/p+2. The minimum absolute atomic E-state index is 0. The van der Waals surface area contributed by atoms with Crippen molar-refractivity contribution in [2.75, 3.05) is 54.4 Å². The van der Waals surface area contributed by atoms with Crippen LogP contribution in [0.5, 0.6) is 0 Å². The van der Waals surface area contributed by atoms with Crippen LogP contribution >= 0.6 is 0 Å². The molecule has 194 valence electrons. The molecule has 8 heteroatoms. The summed E-state index contributed by atoms with van der Waals surface area (Å²) in [4.78, 5) is 13.1. The van der Waals surface area contributed by atoms with E-state index in [0.29, 0.717) is 0 Å². The van der Waals surface area contributed by atoms with Crippen molar-refractivity contribution in [3.63, 3.8) is 0 Å². The first-order valence-electron chi connectivity index (χ1n) is 6.97. The SMILES string of the molecule is CN(C)CCN=Cc1cccc(C=NCCN(C)C)c1.[CH3-].[CH3-].[CH3-].[CH3-].[CH3-].[CH3-].[OH3+].[OH3+].[Pt].[Pt]. The smallest absolute Gasteiger partial charge is 0.0516 e. The Morgan fingerprint density at radius 3 is 1.23 bits per heavy atom. The van der Waals surface area contributed by atoms with Gasteiger partial charge in [-0.3, -0.25) is 9.98 Å². The molecule has 30 heavy (non-hydrogen) atoms. The van der Waals surface area contributed by atoms with E-state index in [-0.39, 0.29) is 97.6 Å². The summed E-state index contributed by atoms with van der Waals surface area (Å²) in [6.07, 6.45) is 3.86. The topological polar surface area (TPSA) is 97.2 Å². The molecule has 0 spiro atoms. The summed E-state index contributed by atoms with van der Waals surface area (Å²) in [6, 6.07) is 8.28. The van der Waals surface area contributed by atoms with Gasteiger partial charge in [-0.05, 0) is 45.4 Å². The molecule has 0 fully saturated rings. The number of likely N-dealkylation sites (N-methyl/N-ethyl adjacent to an activating group) is 2. The first-order valence-corrected chi connectivity index (χ1v) is 6.97. The van der Waals surface area contributed by atoms with Crippen LogP contribution in [0.3, 0.4) is 0 Å². The van der Waals surface area contributed by atoms with Gasteiger partial charge in [0.25, 0.3) is 0 Å². The molecule has 0 aliphatic heterocycles. The van der Waals surface area contributed by atoms with Crippen molar-refractivity contribution in [3.8, 4) is 0 Å². The Morgan fingerprint density at radius 2 is 0.967 bits per heavy atom. The monoisotopic (exact) mass is 792 g/mol. The molecular formula is C22H50N4O2Pt2-4. The molecule has 1 rings (SSSR count). The van der Waals surface area contributed by atoms with E-state index >= 15 is 0 Å². The van der Waals surface area contributed by atoms with Gasteiger partial charge in [0.2, 0.25) is 0 Å². The predicted octanol–water partition coefficient (Wildman–Crippen LogP) is 2.50. The number of aliphatic imine (C=N–C) groups is 2. The Balaban J connectivity index is -0.0000000500. The molecule has 0 amide bonds. The Labute approximate surface area is 218 Å². The second-order valence-electron chi connectivity index (χ2n) is 5.35. The summed E-state index contributed by atoms with van der Waals surface area (Å²) in [6.45, 7) is 3.60. The van der Waals surface area contributed by atoms with Gasteiger partial charge >= 0.3 is 0 Å². The molecule has 0 heterocycles. The average Bonchev–Trinajstić information content (AvgIpc) is 2.40. The van der Waals surface area contributed by atoms with E-state index in [1.807, 2.05) is 18.5 Å².